The molecule has 90 valence electrons. The quantitative estimate of drug-likeness (QED) is 0.824. The van der Waals surface area contributed by atoms with Gasteiger partial charge in [-0.05, 0) is 31.5 Å². The third-order valence-corrected chi connectivity index (χ3v) is 3.50. The van der Waals surface area contributed by atoms with Gasteiger partial charge in [0.1, 0.15) is 5.82 Å². The minimum absolute atomic E-state index is 0.186. The summed E-state index contributed by atoms with van der Waals surface area (Å²) in [7, 11) is 0. The Balaban J connectivity index is 2.15. The highest BCUT2D eigenvalue weighted by Gasteiger charge is 2.09. The molecule has 1 aromatic carbocycles. The van der Waals surface area contributed by atoms with Crippen LogP contribution in [0.4, 0.5) is 9.52 Å². The van der Waals surface area contributed by atoms with Crippen molar-refractivity contribution in [3.05, 3.63) is 46.7 Å². The third-order valence-electron chi connectivity index (χ3n) is 2.52. The lowest BCUT2D eigenvalue weighted by atomic mass is 10.2. The molecule has 0 N–H and O–H groups in total. The number of anilines is 1. The highest BCUT2D eigenvalue weighted by molar-refractivity contribution is 7.15. The molecule has 0 aliphatic rings. The lowest BCUT2D eigenvalue weighted by Crippen LogP contribution is -2.21. The Morgan fingerprint density at radius 2 is 2.24 bits per heavy atom. The second-order valence-electron chi connectivity index (χ2n) is 3.90. The van der Waals surface area contributed by atoms with E-state index in [4.69, 9.17) is 0 Å². The first-order valence-corrected chi connectivity index (χ1v) is 6.42. The summed E-state index contributed by atoms with van der Waals surface area (Å²) in [5, 5.41) is 0.995. The standard InChI is InChI=1S/C13H15FN2S/c1-3-16(13-15-8-10(2)17-13)9-11-5-4-6-12(14)7-11/h4-8H,3,9H2,1-2H3. The van der Waals surface area contributed by atoms with Gasteiger partial charge in [-0.15, -0.1) is 11.3 Å². The van der Waals surface area contributed by atoms with Gasteiger partial charge in [0.25, 0.3) is 0 Å². The molecule has 1 heterocycles. The lowest BCUT2D eigenvalue weighted by Gasteiger charge is -2.19. The number of hydrogen-bond donors (Lipinski definition) is 0. The van der Waals surface area contributed by atoms with Gasteiger partial charge in [-0.25, -0.2) is 9.37 Å². The van der Waals surface area contributed by atoms with Crippen LogP contribution in [0.3, 0.4) is 0 Å². The Kier molecular flexibility index (Phi) is 3.74. The van der Waals surface area contributed by atoms with Gasteiger partial charge in [0.2, 0.25) is 0 Å². The van der Waals surface area contributed by atoms with Crippen molar-refractivity contribution < 1.29 is 4.39 Å². The second-order valence-corrected chi connectivity index (χ2v) is 5.11. The summed E-state index contributed by atoms with van der Waals surface area (Å²) in [5.74, 6) is -0.186. The predicted molar refractivity (Wildman–Crippen MR) is 70.0 cm³/mol. The summed E-state index contributed by atoms with van der Waals surface area (Å²) in [5.41, 5.74) is 0.972. The number of rotatable bonds is 4. The maximum Gasteiger partial charge on any atom is 0.185 e. The van der Waals surface area contributed by atoms with Gasteiger partial charge in [-0.3, -0.25) is 0 Å². The van der Waals surface area contributed by atoms with Crippen molar-refractivity contribution in [1.82, 2.24) is 4.98 Å². The lowest BCUT2D eigenvalue weighted by molar-refractivity contribution is 0.624. The normalized spacial score (nSPS) is 10.5. The van der Waals surface area contributed by atoms with Gasteiger partial charge >= 0.3 is 0 Å². The average Bonchev–Trinajstić information content (AvgIpc) is 2.73. The third kappa shape index (κ3) is 3.03. The maximum absolute atomic E-state index is 13.1. The fourth-order valence-corrected chi connectivity index (χ4v) is 2.48. The predicted octanol–water partition coefficient (Wildman–Crippen LogP) is 3.62. The van der Waals surface area contributed by atoms with E-state index in [0.717, 1.165) is 17.2 Å². The zero-order valence-corrected chi connectivity index (χ0v) is 10.8. The van der Waals surface area contributed by atoms with Crippen LogP contribution in [0.15, 0.2) is 30.5 Å². The van der Waals surface area contributed by atoms with Gasteiger partial charge in [-0.1, -0.05) is 12.1 Å². The molecule has 2 aromatic rings. The maximum atomic E-state index is 13.1. The van der Waals surface area contributed by atoms with Crippen LogP contribution >= 0.6 is 11.3 Å². The smallest absolute Gasteiger partial charge is 0.185 e. The van der Waals surface area contributed by atoms with Crippen LogP contribution in [0.2, 0.25) is 0 Å². The highest BCUT2D eigenvalue weighted by Crippen LogP contribution is 2.23. The van der Waals surface area contributed by atoms with E-state index < -0.39 is 0 Å². The van der Waals surface area contributed by atoms with Crippen LogP contribution in [0.5, 0.6) is 0 Å². The van der Waals surface area contributed by atoms with Gasteiger partial charge in [-0.2, -0.15) is 0 Å². The van der Waals surface area contributed by atoms with E-state index in [1.165, 1.54) is 10.9 Å². The molecule has 0 spiro atoms. The molecule has 0 unspecified atom stereocenters. The zero-order chi connectivity index (χ0) is 12.3. The summed E-state index contributed by atoms with van der Waals surface area (Å²) in [6, 6.07) is 6.72. The monoisotopic (exact) mass is 250 g/mol. The van der Waals surface area contributed by atoms with Gasteiger partial charge in [0.15, 0.2) is 5.13 Å². The van der Waals surface area contributed by atoms with Gasteiger partial charge < -0.3 is 4.90 Å². The Hall–Kier alpha value is -1.42. The molecule has 0 aliphatic heterocycles. The van der Waals surface area contributed by atoms with Crippen molar-refractivity contribution in [3.63, 3.8) is 0 Å². The molecule has 17 heavy (non-hydrogen) atoms. The topological polar surface area (TPSA) is 16.1 Å². The molecule has 2 nitrogen and oxygen atoms in total. The van der Waals surface area contributed by atoms with E-state index in [2.05, 4.69) is 16.8 Å². The summed E-state index contributed by atoms with van der Waals surface area (Å²) in [6.45, 7) is 5.68. The largest absolute Gasteiger partial charge is 0.344 e. The first-order valence-electron chi connectivity index (χ1n) is 5.61. The fourth-order valence-electron chi connectivity index (χ4n) is 1.66. The Morgan fingerprint density at radius 3 is 2.82 bits per heavy atom. The van der Waals surface area contributed by atoms with E-state index in [9.17, 15) is 4.39 Å². The van der Waals surface area contributed by atoms with Crippen LogP contribution in [-0.2, 0) is 6.54 Å². The first kappa shape index (κ1) is 12.0. The Bertz CT molecular complexity index is 496. The molecular formula is C13H15FN2S. The van der Waals surface area contributed by atoms with Crippen LogP contribution < -0.4 is 4.90 Å². The van der Waals surface area contributed by atoms with Crippen molar-refractivity contribution in [1.29, 1.82) is 0 Å². The number of aryl methyl sites for hydroxylation is 1. The number of aromatic nitrogens is 1. The molecule has 0 bridgehead atoms. The molecule has 0 aliphatic carbocycles. The molecule has 0 amide bonds. The highest BCUT2D eigenvalue weighted by atomic mass is 32.1. The summed E-state index contributed by atoms with van der Waals surface area (Å²) >= 11 is 1.66. The van der Waals surface area contributed by atoms with E-state index in [1.807, 2.05) is 19.2 Å². The van der Waals surface area contributed by atoms with Crippen molar-refractivity contribution >= 4 is 16.5 Å². The second kappa shape index (κ2) is 5.27. The van der Waals surface area contributed by atoms with Crippen molar-refractivity contribution in [2.75, 3.05) is 11.4 Å². The van der Waals surface area contributed by atoms with Gasteiger partial charge in [0.05, 0.1) is 0 Å². The molecule has 0 saturated heterocycles. The molecule has 0 saturated carbocycles. The Labute approximate surface area is 105 Å². The number of thiazole rings is 1. The number of hydrogen-bond acceptors (Lipinski definition) is 3. The minimum atomic E-state index is -0.186. The van der Waals surface area contributed by atoms with Crippen molar-refractivity contribution in [2.24, 2.45) is 0 Å². The van der Waals surface area contributed by atoms with Crippen LogP contribution in [0.25, 0.3) is 0 Å². The zero-order valence-electron chi connectivity index (χ0n) is 9.98. The van der Waals surface area contributed by atoms with Crippen molar-refractivity contribution in [2.45, 2.75) is 20.4 Å². The van der Waals surface area contributed by atoms with Crippen molar-refractivity contribution in [3.8, 4) is 0 Å². The summed E-state index contributed by atoms with van der Waals surface area (Å²) < 4.78 is 13.1. The van der Waals surface area contributed by atoms with Gasteiger partial charge in [0, 0.05) is 24.2 Å². The van der Waals surface area contributed by atoms with Crippen LogP contribution in [0.1, 0.15) is 17.4 Å². The molecule has 1 aromatic heterocycles. The summed E-state index contributed by atoms with van der Waals surface area (Å²) in [6.07, 6.45) is 1.87. The number of halogens is 1. The van der Waals surface area contributed by atoms with E-state index in [1.54, 1.807) is 23.5 Å². The van der Waals surface area contributed by atoms with E-state index >= 15 is 0 Å². The minimum Gasteiger partial charge on any atom is -0.344 e. The molecule has 2 rings (SSSR count). The van der Waals surface area contributed by atoms with Crippen LogP contribution in [-0.4, -0.2) is 11.5 Å². The molecule has 0 radical (unpaired) electrons. The fraction of sp³-hybridized carbons (Fsp3) is 0.308. The van der Waals surface area contributed by atoms with Crippen LogP contribution in [0, 0.1) is 12.7 Å². The van der Waals surface area contributed by atoms with E-state index in [0.29, 0.717) is 6.54 Å². The van der Waals surface area contributed by atoms with E-state index in [-0.39, 0.29) is 5.82 Å². The SMILES string of the molecule is CCN(Cc1cccc(F)c1)c1ncc(C)s1. The first-order chi connectivity index (χ1) is 8.19. The average molecular weight is 250 g/mol. The molecule has 0 fully saturated rings. The molecule has 0 atom stereocenters. The number of benzene rings is 1. The number of nitrogens with zero attached hydrogens (tertiary/aromatic N) is 2. The summed E-state index contributed by atoms with van der Waals surface area (Å²) in [4.78, 5) is 7.69. The molecular weight excluding hydrogens is 235 g/mol. The molecule has 4 heteroatoms. The Morgan fingerprint density at radius 1 is 1.41 bits per heavy atom.